The second-order valence-corrected chi connectivity index (χ2v) is 4.70. The number of rotatable bonds is 4. The normalized spacial score (nSPS) is 17.3. The maximum absolute atomic E-state index is 12.0. The van der Waals surface area contributed by atoms with Crippen LogP contribution in [0.3, 0.4) is 0 Å². The zero-order chi connectivity index (χ0) is 12.5. The Hall–Kier alpha value is -1.84. The molecule has 0 unspecified atom stereocenters. The van der Waals surface area contributed by atoms with Gasteiger partial charge < -0.3 is 9.47 Å². The molecule has 2 aliphatic rings. The molecule has 0 bridgehead atoms. The summed E-state index contributed by atoms with van der Waals surface area (Å²) in [6, 6.07) is 5.08. The molecule has 18 heavy (non-hydrogen) atoms. The largest absolute Gasteiger partial charge is 0.486 e. The lowest BCUT2D eigenvalue weighted by molar-refractivity contribution is -0.119. The minimum atomic E-state index is -0.135. The third kappa shape index (κ3) is 2.23. The van der Waals surface area contributed by atoms with Gasteiger partial charge in [-0.1, -0.05) is 0 Å². The van der Waals surface area contributed by atoms with Gasteiger partial charge in [0.1, 0.15) is 19.0 Å². The number of hydrogen-bond acceptors (Lipinski definition) is 4. The second-order valence-electron chi connectivity index (χ2n) is 4.70. The number of ketones is 2. The van der Waals surface area contributed by atoms with Gasteiger partial charge in [0.25, 0.3) is 0 Å². The Bertz CT molecular complexity index is 503. The third-order valence-electron chi connectivity index (χ3n) is 3.23. The maximum Gasteiger partial charge on any atom is 0.170 e. The van der Waals surface area contributed by atoms with Crippen molar-refractivity contribution in [3.8, 4) is 11.5 Å². The average Bonchev–Trinajstić information content (AvgIpc) is 3.22. The highest BCUT2D eigenvalue weighted by atomic mass is 16.6. The van der Waals surface area contributed by atoms with E-state index in [4.69, 9.17) is 9.47 Å². The Morgan fingerprint density at radius 1 is 1.11 bits per heavy atom. The van der Waals surface area contributed by atoms with Crippen molar-refractivity contribution in [1.29, 1.82) is 0 Å². The van der Waals surface area contributed by atoms with E-state index < -0.39 is 0 Å². The predicted octanol–water partition coefficient (Wildman–Crippen LogP) is 2.01. The summed E-state index contributed by atoms with van der Waals surface area (Å²) in [6.45, 7) is 1.02. The van der Waals surface area contributed by atoms with Gasteiger partial charge in [0, 0.05) is 11.5 Å². The number of benzene rings is 1. The second kappa shape index (κ2) is 4.44. The molecule has 0 saturated heterocycles. The molecule has 1 aromatic carbocycles. The molecule has 0 aromatic heterocycles. The molecule has 4 nitrogen and oxygen atoms in total. The summed E-state index contributed by atoms with van der Waals surface area (Å²) in [4.78, 5) is 23.6. The van der Waals surface area contributed by atoms with Gasteiger partial charge in [-0.05, 0) is 31.0 Å². The van der Waals surface area contributed by atoms with E-state index in [9.17, 15) is 9.59 Å². The first-order valence-electron chi connectivity index (χ1n) is 6.19. The Morgan fingerprint density at radius 2 is 1.83 bits per heavy atom. The highest BCUT2D eigenvalue weighted by molar-refractivity contribution is 6.09. The molecule has 0 atom stereocenters. The number of ether oxygens (including phenoxy) is 2. The van der Waals surface area contributed by atoms with Crippen molar-refractivity contribution in [3.63, 3.8) is 0 Å². The molecule has 1 aliphatic heterocycles. The maximum atomic E-state index is 12.0. The molecule has 94 valence electrons. The number of carbonyl (C=O) groups excluding carboxylic acids is 2. The van der Waals surface area contributed by atoms with Gasteiger partial charge in [-0.25, -0.2) is 0 Å². The van der Waals surface area contributed by atoms with Gasteiger partial charge in [0.2, 0.25) is 0 Å². The molecule has 4 heteroatoms. The standard InChI is InChI=1S/C14H14O4/c15-11(9-1-2-9)8-12(16)10-3-4-13-14(7-10)18-6-5-17-13/h3-4,7,9H,1-2,5-6,8H2. The highest BCUT2D eigenvalue weighted by Gasteiger charge is 2.30. The van der Waals surface area contributed by atoms with Crippen LogP contribution < -0.4 is 9.47 Å². The summed E-state index contributed by atoms with van der Waals surface area (Å²) in [5.41, 5.74) is 0.522. The number of carbonyl (C=O) groups is 2. The summed E-state index contributed by atoms with van der Waals surface area (Å²) >= 11 is 0. The molecule has 3 rings (SSSR count). The Labute approximate surface area is 105 Å². The van der Waals surface area contributed by atoms with Crippen molar-refractivity contribution < 1.29 is 19.1 Å². The van der Waals surface area contributed by atoms with E-state index in [0.29, 0.717) is 30.3 Å². The summed E-state index contributed by atoms with van der Waals surface area (Å²) in [7, 11) is 0. The minimum Gasteiger partial charge on any atom is -0.486 e. The van der Waals surface area contributed by atoms with Gasteiger partial charge in [-0.15, -0.1) is 0 Å². The van der Waals surface area contributed by atoms with E-state index >= 15 is 0 Å². The van der Waals surface area contributed by atoms with Crippen molar-refractivity contribution in [1.82, 2.24) is 0 Å². The Balaban J connectivity index is 1.74. The monoisotopic (exact) mass is 246 g/mol. The third-order valence-corrected chi connectivity index (χ3v) is 3.23. The van der Waals surface area contributed by atoms with E-state index in [1.165, 1.54) is 0 Å². The first-order valence-corrected chi connectivity index (χ1v) is 6.19. The van der Waals surface area contributed by atoms with E-state index in [-0.39, 0.29) is 23.9 Å². The predicted molar refractivity (Wildman–Crippen MR) is 64.1 cm³/mol. The average molecular weight is 246 g/mol. The van der Waals surface area contributed by atoms with Crippen molar-refractivity contribution in [2.24, 2.45) is 5.92 Å². The number of hydrogen-bond donors (Lipinski definition) is 0. The van der Waals surface area contributed by atoms with Crippen LogP contribution >= 0.6 is 0 Å². The van der Waals surface area contributed by atoms with Gasteiger partial charge in [0.05, 0.1) is 6.42 Å². The molecule has 0 amide bonds. The quantitative estimate of drug-likeness (QED) is 0.602. The van der Waals surface area contributed by atoms with Crippen LogP contribution in [0.1, 0.15) is 29.6 Å². The van der Waals surface area contributed by atoms with E-state index in [1.807, 2.05) is 0 Å². The van der Waals surface area contributed by atoms with Gasteiger partial charge in [0.15, 0.2) is 17.3 Å². The van der Waals surface area contributed by atoms with Gasteiger partial charge in [-0.3, -0.25) is 9.59 Å². The van der Waals surface area contributed by atoms with Crippen molar-refractivity contribution >= 4 is 11.6 Å². The van der Waals surface area contributed by atoms with Crippen LogP contribution in [0.25, 0.3) is 0 Å². The summed E-state index contributed by atoms with van der Waals surface area (Å²) in [5, 5.41) is 0. The van der Waals surface area contributed by atoms with Crippen LogP contribution in [0, 0.1) is 5.92 Å². The fraction of sp³-hybridized carbons (Fsp3) is 0.429. The number of fused-ring (bicyclic) bond motifs is 1. The minimum absolute atomic E-state index is 0.00428. The van der Waals surface area contributed by atoms with Crippen LogP contribution in [0.5, 0.6) is 11.5 Å². The first-order chi connectivity index (χ1) is 8.74. The smallest absolute Gasteiger partial charge is 0.170 e. The molecule has 0 N–H and O–H groups in total. The van der Waals surface area contributed by atoms with Gasteiger partial charge >= 0.3 is 0 Å². The Morgan fingerprint density at radius 3 is 2.56 bits per heavy atom. The molecular weight excluding hydrogens is 232 g/mol. The lowest BCUT2D eigenvalue weighted by Gasteiger charge is -2.18. The molecule has 1 heterocycles. The van der Waals surface area contributed by atoms with Crippen LogP contribution in [0.15, 0.2) is 18.2 Å². The first kappa shape index (κ1) is 11.3. The molecule has 0 spiro atoms. The lowest BCUT2D eigenvalue weighted by Crippen LogP contribution is -2.16. The van der Waals surface area contributed by atoms with Crippen molar-refractivity contribution in [2.45, 2.75) is 19.3 Å². The zero-order valence-corrected chi connectivity index (χ0v) is 9.98. The molecule has 1 aromatic rings. The van der Waals surface area contributed by atoms with Gasteiger partial charge in [-0.2, -0.15) is 0 Å². The molecule has 1 aliphatic carbocycles. The van der Waals surface area contributed by atoms with Crippen LogP contribution in [0.2, 0.25) is 0 Å². The van der Waals surface area contributed by atoms with E-state index in [1.54, 1.807) is 18.2 Å². The van der Waals surface area contributed by atoms with Crippen molar-refractivity contribution in [2.75, 3.05) is 13.2 Å². The summed E-state index contributed by atoms with van der Waals surface area (Å²) in [5.74, 6) is 1.31. The van der Waals surface area contributed by atoms with E-state index in [2.05, 4.69) is 0 Å². The van der Waals surface area contributed by atoms with E-state index in [0.717, 1.165) is 12.8 Å². The number of Topliss-reactive ketones (excluding diaryl/α,β-unsaturated/α-hetero) is 2. The molecule has 0 radical (unpaired) electrons. The topological polar surface area (TPSA) is 52.6 Å². The zero-order valence-electron chi connectivity index (χ0n) is 9.98. The molecule has 1 saturated carbocycles. The fourth-order valence-electron chi connectivity index (χ4n) is 2.03. The lowest BCUT2D eigenvalue weighted by atomic mass is 10.0. The SMILES string of the molecule is O=C(CC(=O)C1CC1)c1ccc2c(c1)OCCO2. The van der Waals surface area contributed by atoms with Crippen molar-refractivity contribution in [3.05, 3.63) is 23.8 Å². The van der Waals surface area contributed by atoms with Crippen LogP contribution in [0.4, 0.5) is 0 Å². The Kier molecular flexibility index (Phi) is 2.78. The van der Waals surface area contributed by atoms with Crippen LogP contribution in [-0.4, -0.2) is 24.8 Å². The molecule has 1 fully saturated rings. The highest BCUT2D eigenvalue weighted by Crippen LogP contribution is 2.33. The summed E-state index contributed by atoms with van der Waals surface area (Å²) in [6.07, 6.45) is 1.88. The fourth-order valence-corrected chi connectivity index (χ4v) is 2.03. The van der Waals surface area contributed by atoms with Crippen LogP contribution in [-0.2, 0) is 4.79 Å². The summed E-state index contributed by atoms with van der Waals surface area (Å²) < 4.78 is 10.8. The molecular formula is C14H14O4.